The molecule has 0 saturated heterocycles. The van der Waals surface area contributed by atoms with E-state index in [4.69, 9.17) is 34.8 Å². The monoisotopic (exact) mass is 433 g/mol. The molecule has 5 nitrogen and oxygen atoms in total. The number of rotatable bonds is 5. The molecule has 0 radical (unpaired) electrons. The maximum atomic E-state index is 13.9. The lowest BCUT2D eigenvalue weighted by atomic mass is 10.2. The van der Waals surface area contributed by atoms with Crippen LogP contribution in [0.4, 0.5) is 10.1 Å². The maximum absolute atomic E-state index is 13.9. The molecule has 0 aliphatic rings. The number of halogens is 4. The van der Waals surface area contributed by atoms with Crippen molar-refractivity contribution in [1.82, 2.24) is 9.78 Å². The van der Waals surface area contributed by atoms with Gasteiger partial charge in [0.05, 0.1) is 23.5 Å². The first kappa shape index (κ1) is 19.0. The number of anilines is 1. The summed E-state index contributed by atoms with van der Waals surface area (Å²) in [6.07, 6.45) is 2.71. The molecule has 1 heterocycles. The molecule has 0 fully saturated rings. The van der Waals surface area contributed by atoms with Gasteiger partial charge in [0.15, 0.2) is 0 Å². The number of aromatic nitrogens is 2. The minimum absolute atomic E-state index is 0.0347. The molecule has 10 heteroatoms. The predicted octanol–water partition coefficient (Wildman–Crippen LogP) is 4.83. The number of nitrogens with zero attached hydrogens (tertiary/aromatic N) is 2. The number of nitrogens with one attached hydrogen (secondary N) is 1. The van der Waals surface area contributed by atoms with Crippen LogP contribution in [0.5, 0.6) is 0 Å². The zero-order chi connectivity index (χ0) is 18.9. The standard InChI is InChI=1S/C16H11Cl3FN3O2S/c17-10-4-5-14(19)16(6-10)26(24,25)22-11-7-21-23(8-11)9-12-13(18)2-1-3-15(12)20/h1-8,22H,9H2. The van der Waals surface area contributed by atoms with Gasteiger partial charge in [0.2, 0.25) is 0 Å². The second-order valence-electron chi connectivity index (χ2n) is 5.31. The molecule has 1 N–H and O–H groups in total. The molecular weight excluding hydrogens is 424 g/mol. The van der Waals surface area contributed by atoms with E-state index in [1.165, 1.54) is 47.4 Å². The Balaban J connectivity index is 1.83. The summed E-state index contributed by atoms with van der Waals surface area (Å²) >= 11 is 17.8. The summed E-state index contributed by atoms with van der Waals surface area (Å²) in [4.78, 5) is -0.156. The van der Waals surface area contributed by atoms with E-state index in [0.717, 1.165) is 0 Å². The zero-order valence-corrected chi connectivity index (χ0v) is 16.0. The molecule has 0 aliphatic heterocycles. The van der Waals surface area contributed by atoms with Crippen molar-refractivity contribution in [3.63, 3.8) is 0 Å². The largest absolute Gasteiger partial charge is 0.276 e. The lowest BCUT2D eigenvalue weighted by Gasteiger charge is -2.08. The van der Waals surface area contributed by atoms with Crippen LogP contribution >= 0.6 is 34.8 Å². The first-order chi connectivity index (χ1) is 12.3. The minimum Gasteiger partial charge on any atom is -0.276 e. The van der Waals surface area contributed by atoms with Crippen LogP contribution in [0.2, 0.25) is 15.1 Å². The molecule has 3 rings (SSSR count). The second-order valence-corrected chi connectivity index (χ2v) is 8.21. The van der Waals surface area contributed by atoms with Crippen molar-refractivity contribution in [2.75, 3.05) is 4.72 Å². The van der Waals surface area contributed by atoms with E-state index >= 15 is 0 Å². The zero-order valence-electron chi connectivity index (χ0n) is 13.0. The van der Waals surface area contributed by atoms with Crippen LogP contribution in [0.1, 0.15) is 5.56 Å². The summed E-state index contributed by atoms with van der Waals surface area (Å²) in [5, 5.41) is 4.55. The normalized spacial score (nSPS) is 11.5. The van der Waals surface area contributed by atoms with Gasteiger partial charge in [0.1, 0.15) is 10.7 Å². The van der Waals surface area contributed by atoms with Gasteiger partial charge in [0, 0.05) is 21.8 Å². The van der Waals surface area contributed by atoms with Crippen LogP contribution < -0.4 is 4.72 Å². The van der Waals surface area contributed by atoms with E-state index in [1.54, 1.807) is 6.07 Å². The molecule has 0 unspecified atom stereocenters. The van der Waals surface area contributed by atoms with Gasteiger partial charge in [0.25, 0.3) is 10.0 Å². The van der Waals surface area contributed by atoms with Crippen molar-refractivity contribution in [3.8, 4) is 0 Å². The fourth-order valence-corrected chi connectivity index (χ4v) is 4.26. The second kappa shape index (κ2) is 7.44. The van der Waals surface area contributed by atoms with Crippen LogP contribution in [0.3, 0.4) is 0 Å². The molecule has 2 aromatic carbocycles. The third kappa shape index (κ3) is 4.12. The maximum Gasteiger partial charge on any atom is 0.263 e. The Hall–Kier alpha value is -1.80. The van der Waals surface area contributed by atoms with Crippen molar-refractivity contribution in [3.05, 3.63) is 75.2 Å². The summed E-state index contributed by atoms with van der Waals surface area (Å²) in [5.41, 5.74) is 0.443. The molecule has 0 spiro atoms. The van der Waals surface area contributed by atoms with Crippen molar-refractivity contribution in [1.29, 1.82) is 0 Å². The topological polar surface area (TPSA) is 64.0 Å². The summed E-state index contributed by atoms with van der Waals surface area (Å²) in [6, 6.07) is 8.47. The van der Waals surface area contributed by atoms with Gasteiger partial charge < -0.3 is 0 Å². The predicted molar refractivity (Wildman–Crippen MR) is 100 cm³/mol. The van der Waals surface area contributed by atoms with Crippen molar-refractivity contribution >= 4 is 50.5 Å². The smallest absolute Gasteiger partial charge is 0.263 e. The van der Waals surface area contributed by atoms with Gasteiger partial charge in [-0.1, -0.05) is 40.9 Å². The average molecular weight is 435 g/mol. The number of sulfonamides is 1. The molecule has 26 heavy (non-hydrogen) atoms. The lowest BCUT2D eigenvalue weighted by molar-refractivity contribution is 0.585. The molecule has 0 bridgehead atoms. The first-order valence-corrected chi connectivity index (χ1v) is 9.81. The Morgan fingerprint density at radius 2 is 1.88 bits per heavy atom. The molecule has 3 aromatic rings. The fraction of sp³-hybridized carbons (Fsp3) is 0.0625. The third-order valence-electron chi connectivity index (χ3n) is 3.45. The van der Waals surface area contributed by atoms with Crippen molar-refractivity contribution < 1.29 is 12.8 Å². The lowest BCUT2D eigenvalue weighted by Crippen LogP contribution is -2.13. The highest BCUT2D eigenvalue weighted by molar-refractivity contribution is 7.92. The van der Waals surface area contributed by atoms with Crippen LogP contribution in [-0.2, 0) is 16.6 Å². The van der Waals surface area contributed by atoms with E-state index in [9.17, 15) is 12.8 Å². The van der Waals surface area contributed by atoms with Gasteiger partial charge >= 0.3 is 0 Å². The quantitative estimate of drug-likeness (QED) is 0.625. The summed E-state index contributed by atoms with van der Waals surface area (Å²) in [5.74, 6) is -0.471. The summed E-state index contributed by atoms with van der Waals surface area (Å²) in [7, 11) is -3.96. The van der Waals surface area contributed by atoms with Gasteiger partial charge in [-0.15, -0.1) is 0 Å². The number of hydrogen-bond acceptors (Lipinski definition) is 3. The Morgan fingerprint density at radius 3 is 2.62 bits per heavy atom. The highest BCUT2D eigenvalue weighted by Gasteiger charge is 2.19. The molecule has 1 aromatic heterocycles. The fourth-order valence-electron chi connectivity index (χ4n) is 2.24. The molecule has 136 valence electrons. The van der Waals surface area contributed by atoms with Gasteiger partial charge in [-0.25, -0.2) is 12.8 Å². The van der Waals surface area contributed by atoms with Gasteiger partial charge in [-0.2, -0.15) is 5.10 Å². The van der Waals surface area contributed by atoms with Crippen molar-refractivity contribution in [2.45, 2.75) is 11.4 Å². The highest BCUT2D eigenvalue weighted by atomic mass is 35.5. The molecular formula is C16H11Cl3FN3O2S. The minimum atomic E-state index is -3.96. The third-order valence-corrected chi connectivity index (χ3v) is 5.90. The van der Waals surface area contributed by atoms with Crippen LogP contribution in [0.15, 0.2) is 53.7 Å². The summed E-state index contributed by atoms with van der Waals surface area (Å²) < 4.78 is 42.5. The summed E-state index contributed by atoms with van der Waals surface area (Å²) in [6.45, 7) is 0.0468. The van der Waals surface area contributed by atoms with Gasteiger partial charge in [-0.05, 0) is 30.3 Å². The van der Waals surface area contributed by atoms with Crippen LogP contribution in [0, 0.1) is 5.82 Å². The number of hydrogen-bond donors (Lipinski definition) is 1. The van der Waals surface area contributed by atoms with Crippen LogP contribution in [0.25, 0.3) is 0 Å². The van der Waals surface area contributed by atoms with E-state index in [-0.39, 0.29) is 37.8 Å². The van der Waals surface area contributed by atoms with E-state index < -0.39 is 15.8 Å². The van der Waals surface area contributed by atoms with E-state index in [0.29, 0.717) is 0 Å². The molecule has 0 atom stereocenters. The Kier molecular flexibility index (Phi) is 5.43. The average Bonchev–Trinajstić information content (AvgIpc) is 2.99. The van der Waals surface area contributed by atoms with Crippen molar-refractivity contribution in [2.24, 2.45) is 0 Å². The molecule has 0 saturated carbocycles. The molecule has 0 aliphatic carbocycles. The van der Waals surface area contributed by atoms with Gasteiger partial charge in [-0.3, -0.25) is 9.40 Å². The number of benzene rings is 2. The van der Waals surface area contributed by atoms with E-state index in [2.05, 4.69) is 9.82 Å². The molecule has 0 amide bonds. The highest BCUT2D eigenvalue weighted by Crippen LogP contribution is 2.27. The Bertz CT molecular complexity index is 1050. The Labute approximate surface area is 164 Å². The van der Waals surface area contributed by atoms with Crippen LogP contribution in [-0.4, -0.2) is 18.2 Å². The first-order valence-electron chi connectivity index (χ1n) is 7.19. The Morgan fingerprint density at radius 1 is 1.12 bits per heavy atom. The van der Waals surface area contributed by atoms with E-state index in [1.807, 2.05) is 0 Å². The SMILES string of the molecule is O=S(=O)(Nc1cnn(Cc2c(F)cccc2Cl)c1)c1cc(Cl)ccc1Cl.